The minimum atomic E-state index is 0.00792. The van der Waals surface area contributed by atoms with Crippen molar-refractivity contribution >= 4 is 22.5 Å². The van der Waals surface area contributed by atoms with Crippen LogP contribution >= 0.6 is 0 Å². The maximum absolute atomic E-state index is 12.2. The molecule has 0 spiro atoms. The van der Waals surface area contributed by atoms with Crippen molar-refractivity contribution in [2.45, 2.75) is 32.6 Å². The average molecular weight is 349 g/mol. The van der Waals surface area contributed by atoms with Crippen molar-refractivity contribution in [3.8, 4) is 0 Å². The standard InChI is InChI=1S/C22H27N3O/c1-22(2,3)18-9-5-7-11-20(18)25-15-21(26)23-13-12-16-14-24-19-10-6-4-8-17(16)19/h4-11,14,24-25H,12-13,15H2,1-3H3,(H,23,26). The molecule has 0 aliphatic carbocycles. The summed E-state index contributed by atoms with van der Waals surface area (Å²) in [5, 5.41) is 7.49. The Morgan fingerprint density at radius 1 is 1.04 bits per heavy atom. The lowest BCUT2D eigenvalue weighted by atomic mass is 9.86. The summed E-state index contributed by atoms with van der Waals surface area (Å²) < 4.78 is 0. The summed E-state index contributed by atoms with van der Waals surface area (Å²) in [5.41, 5.74) is 4.63. The van der Waals surface area contributed by atoms with Crippen molar-refractivity contribution in [1.82, 2.24) is 10.3 Å². The molecular weight excluding hydrogens is 322 g/mol. The van der Waals surface area contributed by atoms with Crippen LogP contribution in [0, 0.1) is 0 Å². The smallest absolute Gasteiger partial charge is 0.239 e. The maximum atomic E-state index is 12.2. The highest BCUT2D eigenvalue weighted by atomic mass is 16.1. The third kappa shape index (κ3) is 4.26. The van der Waals surface area contributed by atoms with Crippen molar-refractivity contribution < 1.29 is 4.79 Å². The molecule has 4 nitrogen and oxygen atoms in total. The molecule has 0 aliphatic heterocycles. The lowest BCUT2D eigenvalue weighted by molar-refractivity contribution is -0.119. The van der Waals surface area contributed by atoms with Crippen LogP contribution in [0.3, 0.4) is 0 Å². The SMILES string of the molecule is CC(C)(C)c1ccccc1NCC(=O)NCCc1c[nH]c2ccccc12. The Labute approximate surface area is 155 Å². The average Bonchev–Trinajstić information content (AvgIpc) is 3.03. The zero-order chi connectivity index (χ0) is 18.6. The lowest BCUT2D eigenvalue weighted by Gasteiger charge is -2.23. The van der Waals surface area contributed by atoms with Crippen LogP contribution in [-0.4, -0.2) is 24.0 Å². The molecule has 1 aromatic heterocycles. The monoisotopic (exact) mass is 349 g/mol. The summed E-state index contributed by atoms with van der Waals surface area (Å²) in [5.74, 6) is 0.00792. The van der Waals surface area contributed by atoms with Gasteiger partial charge in [-0.25, -0.2) is 0 Å². The van der Waals surface area contributed by atoms with E-state index in [0.717, 1.165) is 17.6 Å². The first-order valence-corrected chi connectivity index (χ1v) is 9.10. The molecule has 4 heteroatoms. The molecule has 0 radical (unpaired) electrons. The third-order valence-electron chi connectivity index (χ3n) is 4.57. The van der Waals surface area contributed by atoms with Crippen LogP contribution < -0.4 is 10.6 Å². The van der Waals surface area contributed by atoms with E-state index in [1.165, 1.54) is 16.5 Å². The summed E-state index contributed by atoms with van der Waals surface area (Å²) in [7, 11) is 0. The molecule has 0 aliphatic rings. The van der Waals surface area contributed by atoms with Gasteiger partial charge in [0.15, 0.2) is 0 Å². The van der Waals surface area contributed by atoms with Crippen LogP contribution in [0.5, 0.6) is 0 Å². The quantitative estimate of drug-likeness (QED) is 0.623. The van der Waals surface area contributed by atoms with Gasteiger partial charge in [-0.15, -0.1) is 0 Å². The van der Waals surface area contributed by atoms with Crippen LogP contribution in [0.2, 0.25) is 0 Å². The minimum absolute atomic E-state index is 0.00792. The third-order valence-corrected chi connectivity index (χ3v) is 4.57. The number of nitrogens with one attached hydrogen (secondary N) is 3. The van der Waals surface area contributed by atoms with Crippen molar-refractivity contribution in [1.29, 1.82) is 0 Å². The summed E-state index contributed by atoms with van der Waals surface area (Å²) >= 11 is 0. The molecule has 136 valence electrons. The van der Waals surface area contributed by atoms with E-state index >= 15 is 0 Å². The Morgan fingerprint density at radius 3 is 2.58 bits per heavy atom. The number of carbonyl (C=O) groups excluding carboxylic acids is 1. The van der Waals surface area contributed by atoms with E-state index in [2.05, 4.69) is 54.6 Å². The number of carbonyl (C=O) groups is 1. The summed E-state index contributed by atoms with van der Waals surface area (Å²) in [6.45, 7) is 7.43. The Kier molecular flexibility index (Phi) is 5.31. The van der Waals surface area contributed by atoms with E-state index in [1.54, 1.807) is 0 Å². The molecule has 0 unspecified atom stereocenters. The molecular formula is C22H27N3O. The van der Waals surface area contributed by atoms with Gasteiger partial charge in [0.1, 0.15) is 0 Å². The van der Waals surface area contributed by atoms with E-state index in [-0.39, 0.29) is 17.9 Å². The second-order valence-corrected chi connectivity index (χ2v) is 7.61. The largest absolute Gasteiger partial charge is 0.376 e. The van der Waals surface area contributed by atoms with Gasteiger partial charge in [0.2, 0.25) is 5.91 Å². The molecule has 0 fully saturated rings. The fourth-order valence-electron chi connectivity index (χ4n) is 3.20. The van der Waals surface area contributed by atoms with Gasteiger partial charge < -0.3 is 15.6 Å². The Morgan fingerprint density at radius 2 is 1.77 bits per heavy atom. The number of para-hydroxylation sites is 2. The van der Waals surface area contributed by atoms with Crippen molar-refractivity contribution in [3.63, 3.8) is 0 Å². The van der Waals surface area contributed by atoms with Gasteiger partial charge in [-0.2, -0.15) is 0 Å². The first-order valence-electron chi connectivity index (χ1n) is 9.10. The van der Waals surface area contributed by atoms with E-state index in [4.69, 9.17) is 0 Å². The fourth-order valence-corrected chi connectivity index (χ4v) is 3.20. The summed E-state index contributed by atoms with van der Waals surface area (Å²) in [6, 6.07) is 16.4. The van der Waals surface area contributed by atoms with E-state index < -0.39 is 0 Å². The number of hydrogen-bond acceptors (Lipinski definition) is 2. The maximum Gasteiger partial charge on any atom is 0.239 e. The highest BCUT2D eigenvalue weighted by Gasteiger charge is 2.17. The normalized spacial score (nSPS) is 11.5. The van der Waals surface area contributed by atoms with Crippen molar-refractivity contribution in [2.24, 2.45) is 0 Å². The molecule has 0 saturated heterocycles. The van der Waals surface area contributed by atoms with Crippen LogP contribution in [-0.2, 0) is 16.6 Å². The minimum Gasteiger partial charge on any atom is -0.376 e. The first kappa shape index (κ1) is 18.1. The van der Waals surface area contributed by atoms with Crippen LogP contribution in [0.15, 0.2) is 54.7 Å². The molecule has 2 aromatic carbocycles. The van der Waals surface area contributed by atoms with Gasteiger partial charge in [-0.1, -0.05) is 57.2 Å². The molecule has 3 N–H and O–H groups in total. The topological polar surface area (TPSA) is 56.9 Å². The van der Waals surface area contributed by atoms with E-state index in [0.29, 0.717) is 6.54 Å². The summed E-state index contributed by atoms with van der Waals surface area (Å²) in [6.07, 6.45) is 2.84. The first-order chi connectivity index (χ1) is 12.4. The number of amides is 1. The molecule has 0 bridgehead atoms. The predicted octanol–water partition coefficient (Wildman–Crippen LogP) is 4.24. The van der Waals surface area contributed by atoms with Gasteiger partial charge in [0.05, 0.1) is 6.54 Å². The number of rotatable bonds is 6. The van der Waals surface area contributed by atoms with Crippen LogP contribution in [0.1, 0.15) is 31.9 Å². The Hall–Kier alpha value is -2.75. The molecule has 1 heterocycles. The lowest BCUT2D eigenvalue weighted by Crippen LogP contribution is -2.32. The second kappa shape index (κ2) is 7.65. The Bertz CT molecular complexity index is 890. The van der Waals surface area contributed by atoms with Gasteiger partial charge in [-0.05, 0) is 35.1 Å². The number of benzene rings is 2. The second-order valence-electron chi connectivity index (χ2n) is 7.61. The molecule has 0 atom stereocenters. The number of aromatic amines is 1. The highest BCUT2D eigenvalue weighted by Crippen LogP contribution is 2.28. The van der Waals surface area contributed by atoms with E-state index in [1.807, 2.05) is 36.5 Å². The number of H-pyrrole nitrogens is 1. The fraction of sp³-hybridized carbons (Fsp3) is 0.318. The van der Waals surface area contributed by atoms with Gasteiger partial charge in [0.25, 0.3) is 0 Å². The number of hydrogen-bond donors (Lipinski definition) is 3. The van der Waals surface area contributed by atoms with Gasteiger partial charge in [0, 0.05) is 29.3 Å². The van der Waals surface area contributed by atoms with Crippen molar-refractivity contribution in [3.05, 3.63) is 65.9 Å². The van der Waals surface area contributed by atoms with Crippen LogP contribution in [0.4, 0.5) is 5.69 Å². The zero-order valence-corrected chi connectivity index (χ0v) is 15.7. The molecule has 3 rings (SSSR count). The highest BCUT2D eigenvalue weighted by molar-refractivity contribution is 5.83. The van der Waals surface area contributed by atoms with Crippen LogP contribution in [0.25, 0.3) is 10.9 Å². The molecule has 0 saturated carbocycles. The number of anilines is 1. The molecule has 26 heavy (non-hydrogen) atoms. The van der Waals surface area contributed by atoms with E-state index in [9.17, 15) is 4.79 Å². The number of aromatic nitrogens is 1. The van der Waals surface area contributed by atoms with Gasteiger partial charge >= 0.3 is 0 Å². The van der Waals surface area contributed by atoms with Crippen molar-refractivity contribution in [2.75, 3.05) is 18.4 Å². The molecule has 3 aromatic rings. The number of fused-ring (bicyclic) bond motifs is 1. The van der Waals surface area contributed by atoms with Gasteiger partial charge in [-0.3, -0.25) is 4.79 Å². The predicted molar refractivity (Wildman–Crippen MR) is 109 cm³/mol. The Balaban J connectivity index is 1.51. The summed E-state index contributed by atoms with van der Waals surface area (Å²) in [4.78, 5) is 15.5. The molecule has 1 amide bonds. The zero-order valence-electron chi connectivity index (χ0n) is 15.7.